The van der Waals surface area contributed by atoms with E-state index in [0.717, 1.165) is 5.56 Å². The predicted molar refractivity (Wildman–Crippen MR) is 113 cm³/mol. The van der Waals surface area contributed by atoms with Crippen molar-refractivity contribution in [2.24, 2.45) is 0 Å². The van der Waals surface area contributed by atoms with Gasteiger partial charge in [0, 0.05) is 10.9 Å². The average Bonchev–Trinajstić information content (AvgIpc) is 3.10. The molecule has 0 atom stereocenters. The Bertz CT molecular complexity index is 1090. The highest BCUT2D eigenvalue weighted by Gasteiger charge is 2.14. The Kier molecular flexibility index (Phi) is 6.52. The zero-order valence-electron chi connectivity index (χ0n) is 14.8. The zero-order chi connectivity index (χ0) is 20.3. The van der Waals surface area contributed by atoms with Crippen LogP contribution >= 0.6 is 46.3 Å². The molecule has 0 saturated carbocycles. The van der Waals surface area contributed by atoms with Crippen molar-refractivity contribution >= 4 is 57.3 Å². The van der Waals surface area contributed by atoms with Crippen LogP contribution in [0.25, 0.3) is 11.3 Å². The van der Waals surface area contributed by atoms with Gasteiger partial charge in [-0.1, -0.05) is 41.0 Å². The van der Waals surface area contributed by atoms with E-state index in [1.54, 1.807) is 26.0 Å². The van der Waals surface area contributed by atoms with E-state index in [1.165, 1.54) is 23.1 Å². The largest absolute Gasteiger partial charge is 0.301 e. The van der Waals surface area contributed by atoms with Crippen molar-refractivity contribution in [1.29, 1.82) is 5.26 Å². The first-order chi connectivity index (χ1) is 13.4. The van der Waals surface area contributed by atoms with Crippen LogP contribution in [-0.2, 0) is 4.79 Å². The minimum Gasteiger partial charge on any atom is -0.301 e. The van der Waals surface area contributed by atoms with Crippen molar-refractivity contribution in [3.63, 3.8) is 0 Å². The number of thiazole rings is 1. The van der Waals surface area contributed by atoms with Gasteiger partial charge in [0.2, 0.25) is 5.91 Å². The molecule has 1 aromatic carbocycles. The fourth-order valence-electron chi connectivity index (χ4n) is 2.32. The number of benzene rings is 1. The smallest absolute Gasteiger partial charge is 0.236 e. The van der Waals surface area contributed by atoms with E-state index < -0.39 is 0 Å². The number of aryl methyl sites for hydroxylation is 2. The van der Waals surface area contributed by atoms with Gasteiger partial charge in [0.05, 0.1) is 27.2 Å². The van der Waals surface area contributed by atoms with Crippen molar-refractivity contribution in [3.8, 4) is 17.3 Å². The first kappa shape index (κ1) is 20.6. The third-order valence-electron chi connectivity index (χ3n) is 3.59. The highest BCUT2D eigenvalue weighted by molar-refractivity contribution is 8.00. The highest BCUT2D eigenvalue weighted by Crippen LogP contribution is 2.30. The third kappa shape index (κ3) is 4.80. The Morgan fingerprint density at radius 1 is 1.25 bits per heavy atom. The molecule has 142 valence electrons. The van der Waals surface area contributed by atoms with Gasteiger partial charge < -0.3 is 5.32 Å². The molecule has 0 spiro atoms. The van der Waals surface area contributed by atoms with Crippen LogP contribution in [0, 0.1) is 25.2 Å². The van der Waals surface area contributed by atoms with Crippen LogP contribution < -0.4 is 5.32 Å². The van der Waals surface area contributed by atoms with Gasteiger partial charge in [-0.3, -0.25) is 4.79 Å². The minimum atomic E-state index is -0.238. The Morgan fingerprint density at radius 2 is 2.04 bits per heavy atom. The molecule has 0 aliphatic rings. The predicted octanol–water partition coefficient (Wildman–Crippen LogP) is 5.13. The summed E-state index contributed by atoms with van der Waals surface area (Å²) in [7, 11) is 0. The zero-order valence-corrected chi connectivity index (χ0v) is 17.9. The molecule has 0 fully saturated rings. The van der Waals surface area contributed by atoms with Gasteiger partial charge in [-0.15, -0.1) is 11.3 Å². The lowest BCUT2D eigenvalue weighted by Gasteiger charge is -2.06. The lowest BCUT2D eigenvalue weighted by atomic mass is 10.2. The third-order valence-corrected chi connectivity index (χ3v) is 6.06. The van der Waals surface area contributed by atoms with E-state index in [1.807, 2.05) is 11.4 Å². The molecule has 28 heavy (non-hydrogen) atoms. The van der Waals surface area contributed by atoms with Gasteiger partial charge in [-0.05, 0) is 26.0 Å². The van der Waals surface area contributed by atoms with Crippen molar-refractivity contribution in [2.75, 3.05) is 11.1 Å². The molecule has 0 radical (unpaired) electrons. The maximum absolute atomic E-state index is 12.3. The Morgan fingerprint density at radius 3 is 2.75 bits per heavy atom. The minimum absolute atomic E-state index is 0.103. The van der Waals surface area contributed by atoms with Gasteiger partial charge in [-0.25, -0.2) is 15.0 Å². The number of hydrogen-bond acceptors (Lipinski definition) is 7. The lowest BCUT2D eigenvalue weighted by Crippen LogP contribution is -2.14. The van der Waals surface area contributed by atoms with Crippen LogP contribution in [0.15, 0.2) is 28.6 Å². The number of nitrogens with one attached hydrogen (secondary N) is 1. The second-order valence-corrected chi connectivity index (χ2v) is 8.29. The van der Waals surface area contributed by atoms with E-state index >= 15 is 0 Å². The first-order valence-corrected chi connectivity index (χ1v) is 10.6. The molecule has 0 bridgehead atoms. The highest BCUT2D eigenvalue weighted by atomic mass is 35.5. The average molecular weight is 450 g/mol. The Labute approximate surface area is 180 Å². The Hall–Kier alpha value is -2.18. The molecular weight excluding hydrogens is 437 g/mol. The number of anilines is 1. The molecule has 0 saturated heterocycles. The maximum Gasteiger partial charge on any atom is 0.236 e. The molecule has 0 aliphatic heterocycles. The quantitative estimate of drug-likeness (QED) is 0.428. The molecular formula is C18H13Cl2N5OS2. The first-order valence-electron chi connectivity index (χ1n) is 7.96. The second-order valence-electron chi connectivity index (χ2n) is 5.65. The van der Waals surface area contributed by atoms with Crippen molar-refractivity contribution in [2.45, 2.75) is 18.9 Å². The SMILES string of the molecule is Cc1nc(C)c(C#N)c(SCC(=O)Nc2nc(-c3ccc(Cl)c(Cl)c3)cs2)n1. The summed E-state index contributed by atoms with van der Waals surface area (Å²) in [4.78, 5) is 25.1. The lowest BCUT2D eigenvalue weighted by molar-refractivity contribution is -0.113. The van der Waals surface area contributed by atoms with Crippen molar-refractivity contribution < 1.29 is 4.79 Å². The fourth-order valence-corrected chi connectivity index (χ4v) is 4.23. The van der Waals surface area contributed by atoms with Crippen LogP contribution in [0.3, 0.4) is 0 Å². The monoisotopic (exact) mass is 449 g/mol. The van der Waals surface area contributed by atoms with Gasteiger partial charge in [0.15, 0.2) is 5.13 Å². The number of halogens is 2. The van der Waals surface area contributed by atoms with Gasteiger partial charge in [0.1, 0.15) is 22.5 Å². The number of hydrogen-bond donors (Lipinski definition) is 1. The summed E-state index contributed by atoms with van der Waals surface area (Å²) in [6, 6.07) is 7.33. The summed E-state index contributed by atoms with van der Waals surface area (Å²) in [6.07, 6.45) is 0. The summed E-state index contributed by atoms with van der Waals surface area (Å²) in [6.45, 7) is 3.50. The molecule has 2 heterocycles. The summed E-state index contributed by atoms with van der Waals surface area (Å²) in [5.41, 5.74) is 2.50. The number of nitriles is 1. The van der Waals surface area contributed by atoms with Crippen LogP contribution in [0.1, 0.15) is 17.1 Å². The second kappa shape index (κ2) is 8.88. The van der Waals surface area contributed by atoms with E-state index in [2.05, 4.69) is 26.3 Å². The van der Waals surface area contributed by atoms with Gasteiger partial charge in [-0.2, -0.15) is 5.26 Å². The number of nitrogens with zero attached hydrogens (tertiary/aromatic N) is 4. The molecule has 1 amide bonds. The summed E-state index contributed by atoms with van der Waals surface area (Å²) >= 11 is 14.5. The molecule has 10 heteroatoms. The normalized spacial score (nSPS) is 10.5. The molecule has 3 rings (SSSR count). The molecule has 6 nitrogen and oxygen atoms in total. The maximum atomic E-state index is 12.3. The molecule has 1 N–H and O–H groups in total. The number of thioether (sulfide) groups is 1. The van der Waals surface area contributed by atoms with Crippen LogP contribution in [0.4, 0.5) is 5.13 Å². The van der Waals surface area contributed by atoms with Crippen LogP contribution in [-0.4, -0.2) is 26.6 Å². The van der Waals surface area contributed by atoms with Crippen LogP contribution in [0.5, 0.6) is 0 Å². The number of carbonyl (C=O) groups excluding carboxylic acids is 1. The molecule has 2 aromatic heterocycles. The number of amides is 1. The molecule has 0 unspecified atom stereocenters. The fraction of sp³-hybridized carbons (Fsp3) is 0.167. The van der Waals surface area contributed by atoms with Crippen molar-refractivity contribution in [3.05, 3.63) is 50.7 Å². The van der Waals surface area contributed by atoms with E-state index in [-0.39, 0.29) is 11.7 Å². The van der Waals surface area contributed by atoms with Gasteiger partial charge >= 0.3 is 0 Å². The molecule has 3 aromatic rings. The standard InChI is InChI=1S/C18H13Cl2N5OS2/c1-9-12(6-21)17(23-10(2)22-9)27-8-16(26)25-18-24-15(7-28-18)11-3-4-13(19)14(20)5-11/h3-5,7H,8H2,1-2H3,(H,24,25,26). The number of rotatable bonds is 5. The van der Waals surface area contributed by atoms with E-state index in [4.69, 9.17) is 23.2 Å². The van der Waals surface area contributed by atoms with Crippen molar-refractivity contribution in [1.82, 2.24) is 15.0 Å². The Balaban J connectivity index is 1.66. The summed E-state index contributed by atoms with van der Waals surface area (Å²) < 4.78 is 0. The number of carbonyl (C=O) groups is 1. The van der Waals surface area contributed by atoms with E-state index in [0.29, 0.717) is 43.0 Å². The summed E-state index contributed by atoms with van der Waals surface area (Å²) in [5.74, 6) is 0.426. The number of aromatic nitrogens is 3. The topological polar surface area (TPSA) is 91.6 Å². The molecule has 0 aliphatic carbocycles. The van der Waals surface area contributed by atoms with Gasteiger partial charge in [0.25, 0.3) is 0 Å². The van der Waals surface area contributed by atoms with Crippen LogP contribution in [0.2, 0.25) is 10.0 Å². The summed E-state index contributed by atoms with van der Waals surface area (Å²) in [5, 5.41) is 15.7. The van der Waals surface area contributed by atoms with E-state index in [9.17, 15) is 10.1 Å².